The predicted octanol–water partition coefficient (Wildman–Crippen LogP) is 5.07. The molecule has 0 spiro atoms. The van der Waals surface area contributed by atoms with E-state index in [1.54, 1.807) is 30.3 Å². The highest BCUT2D eigenvalue weighted by atomic mass is 32.1. The first kappa shape index (κ1) is 19.5. The number of hydrogen-bond donors (Lipinski definition) is 1. The summed E-state index contributed by atoms with van der Waals surface area (Å²) in [5, 5.41) is 3.34. The molecule has 1 unspecified atom stereocenters. The van der Waals surface area contributed by atoms with Gasteiger partial charge in [-0.25, -0.2) is 9.37 Å². The van der Waals surface area contributed by atoms with Crippen molar-refractivity contribution in [2.75, 3.05) is 18.5 Å². The molecule has 2 aromatic carbocycles. The van der Waals surface area contributed by atoms with Crippen molar-refractivity contribution in [2.45, 2.75) is 25.9 Å². The fourth-order valence-corrected chi connectivity index (χ4v) is 4.06. The van der Waals surface area contributed by atoms with Crippen molar-refractivity contribution in [1.29, 1.82) is 0 Å². The first-order valence-electron chi connectivity index (χ1n) is 9.48. The molecule has 1 N–H and O–H groups in total. The quantitative estimate of drug-likeness (QED) is 0.614. The number of rotatable bonds is 6. The van der Waals surface area contributed by atoms with Crippen molar-refractivity contribution in [2.24, 2.45) is 0 Å². The van der Waals surface area contributed by atoms with Crippen molar-refractivity contribution >= 4 is 22.4 Å². The van der Waals surface area contributed by atoms with Gasteiger partial charge in [0.15, 0.2) is 5.13 Å². The van der Waals surface area contributed by atoms with E-state index < -0.39 is 0 Å². The highest BCUT2D eigenvalue weighted by Gasteiger charge is 2.19. The van der Waals surface area contributed by atoms with Gasteiger partial charge in [0.2, 0.25) is 0 Å². The standard InChI is InChI=1S/C22H21FN2O3S/c1-14-20(15-8-10-16(23)11-9-15)24-22(29-14)25-21(26)18-6-2-3-7-19(18)28-13-17-5-4-12-27-17/h2-3,6-11,17H,4-5,12-13H2,1H3,(H,24,25,26). The van der Waals surface area contributed by atoms with Crippen LogP contribution in [0.3, 0.4) is 0 Å². The van der Waals surface area contributed by atoms with Crippen LogP contribution in [0.25, 0.3) is 11.3 Å². The third-order valence-corrected chi connectivity index (χ3v) is 5.60. The number of nitrogens with zero attached hydrogens (tertiary/aromatic N) is 1. The van der Waals surface area contributed by atoms with E-state index in [1.807, 2.05) is 13.0 Å². The summed E-state index contributed by atoms with van der Waals surface area (Å²) < 4.78 is 24.6. The first-order chi connectivity index (χ1) is 14.1. The van der Waals surface area contributed by atoms with Gasteiger partial charge in [-0.15, -0.1) is 11.3 Å². The largest absolute Gasteiger partial charge is 0.490 e. The number of anilines is 1. The van der Waals surface area contributed by atoms with Crippen LogP contribution in [0, 0.1) is 12.7 Å². The summed E-state index contributed by atoms with van der Waals surface area (Å²) in [6, 6.07) is 13.3. The number of carbonyl (C=O) groups excluding carboxylic acids is 1. The monoisotopic (exact) mass is 412 g/mol. The lowest BCUT2D eigenvalue weighted by molar-refractivity contribution is 0.0673. The molecule has 1 fully saturated rings. The Kier molecular flexibility index (Phi) is 5.87. The van der Waals surface area contributed by atoms with Crippen LogP contribution in [0.4, 0.5) is 9.52 Å². The number of benzene rings is 2. The van der Waals surface area contributed by atoms with Gasteiger partial charge >= 0.3 is 0 Å². The summed E-state index contributed by atoms with van der Waals surface area (Å²) in [4.78, 5) is 18.3. The van der Waals surface area contributed by atoms with Crippen LogP contribution in [0.15, 0.2) is 48.5 Å². The topological polar surface area (TPSA) is 60.5 Å². The third-order valence-electron chi connectivity index (χ3n) is 4.72. The van der Waals surface area contributed by atoms with Gasteiger partial charge in [0, 0.05) is 17.0 Å². The van der Waals surface area contributed by atoms with Crippen LogP contribution in [-0.2, 0) is 4.74 Å². The molecule has 5 nitrogen and oxygen atoms in total. The summed E-state index contributed by atoms with van der Waals surface area (Å²) >= 11 is 1.38. The smallest absolute Gasteiger partial charge is 0.261 e. The van der Waals surface area contributed by atoms with Gasteiger partial charge in [-0.2, -0.15) is 0 Å². The maximum absolute atomic E-state index is 13.2. The molecule has 1 aliphatic rings. The Bertz CT molecular complexity index is 998. The molecule has 150 valence electrons. The SMILES string of the molecule is Cc1sc(NC(=O)c2ccccc2OCC2CCCO2)nc1-c1ccc(F)cc1. The maximum atomic E-state index is 13.2. The molecule has 7 heteroatoms. The van der Waals surface area contributed by atoms with Gasteiger partial charge in [-0.05, 0) is 56.2 Å². The van der Waals surface area contributed by atoms with Crippen LogP contribution in [0.2, 0.25) is 0 Å². The molecule has 29 heavy (non-hydrogen) atoms. The van der Waals surface area contributed by atoms with E-state index in [0.29, 0.717) is 23.1 Å². The Morgan fingerprint density at radius 2 is 2.07 bits per heavy atom. The Hall–Kier alpha value is -2.77. The molecule has 1 aliphatic heterocycles. The number of nitrogens with one attached hydrogen (secondary N) is 1. The summed E-state index contributed by atoms with van der Waals surface area (Å²) in [5.41, 5.74) is 1.98. The molecule has 1 atom stereocenters. The average molecular weight is 412 g/mol. The van der Waals surface area contributed by atoms with Crippen molar-refractivity contribution in [3.05, 3.63) is 64.8 Å². The van der Waals surface area contributed by atoms with Gasteiger partial charge in [-0.3, -0.25) is 10.1 Å². The molecular formula is C22H21FN2O3S. The summed E-state index contributed by atoms with van der Waals surface area (Å²) in [7, 11) is 0. The van der Waals surface area contributed by atoms with E-state index in [4.69, 9.17) is 9.47 Å². The second-order valence-corrected chi connectivity index (χ2v) is 8.03. The minimum absolute atomic E-state index is 0.0750. The van der Waals surface area contributed by atoms with Crippen LogP contribution < -0.4 is 10.1 Å². The van der Waals surface area contributed by atoms with Crippen LogP contribution >= 0.6 is 11.3 Å². The van der Waals surface area contributed by atoms with E-state index in [2.05, 4.69) is 10.3 Å². The molecule has 0 saturated carbocycles. The lowest BCUT2D eigenvalue weighted by Gasteiger charge is -2.14. The molecule has 1 saturated heterocycles. The minimum atomic E-state index is -0.297. The van der Waals surface area contributed by atoms with Crippen LogP contribution in [0.1, 0.15) is 28.1 Å². The zero-order valence-electron chi connectivity index (χ0n) is 16.0. The van der Waals surface area contributed by atoms with Gasteiger partial charge < -0.3 is 9.47 Å². The number of para-hydroxylation sites is 1. The third kappa shape index (κ3) is 4.63. The lowest BCUT2D eigenvalue weighted by Crippen LogP contribution is -2.19. The van der Waals surface area contributed by atoms with Gasteiger partial charge in [0.25, 0.3) is 5.91 Å². The molecule has 0 bridgehead atoms. The first-order valence-corrected chi connectivity index (χ1v) is 10.3. The Morgan fingerprint density at radius 3 is 2.83 bits per heavy atom. The number of halogens is 1. The zero-order chi connectivity index (χ0) is 20.2. The lowest BCUT2D eigenvalue weighted by atomic mass is 10.1. The highest BCUT2D eigenvalue weighted by Crippen LogP contribution is 2.31. The fourth-order valence-electron chi connectivity index (χ4n) is 3.23. The van der Waals surface area contributed by atoms with Crippen molar-refractivity contribution < 1.29 is 18.7 Å². The Balaban J connectivity index is 1.48. The number of hydrogen-bond acceptors (Lipinski definition) is 5. The number of amides is 1. The van der Waals surface area contributed by atoms with Crippen molar-refractivity contribution in [1.82, 2.24) is 4.98 Å². The molecule has 4 rings (SSSR count). The number of aromatic nitrogens is 1. The van der Waals surface area contributed by atoms with Gasteiger partial charge in [0.05, 0.1) is 17.4 Å². The van der Waals surface area contributed by atoms with Crippen LogP contribution in [-0.4, -0.2) is 30.2 Å². The van der Waals surface area contributed by atoms with E-state index in [-0.39, 0.29) is 17.8 Å². The predicted molar refractivity (Wildman–Crippen MR) is 111 cm³/mol. The molecular weight excluding hydrogens is 391 g/mol. The summed E-state index contributed by atoms with van der Waals surface area (Å²) in [5.74, 6) is -0.0605. The number of ether oxygens (including phenoxy) is 2. The fraction of sp³-hybridized carbons (Fsp3) is 0.273. The molecule has 2 heterocycles. The van der Waals surface area contributed by atoms with E-state index in [9.17, 15) is 9.18 Å². The molecule has 0 radical (unpaired) electrons. The maximum Gasteiger partial charge on any atom is 0.261 e. The number of thiazole rings is 1. The average Bonchev–Trinajstić information content (AvgIpc) is 3.37. The number of carbonyl (C=O) groups is 1. The second kappa shape index (κ2) is 8.71. The Morgan fingerprint density at radius 1 is 1.28 bits per heavy atom. The summed E-state index contributed by atoms with van der Waals surface area (Å²) in [6.45, 7) is 3.11. The van der Waals surface area contributed by atoms with Crippen LogP contribution in [0.5, 0.6) is 5.75 Å². The highest BCUT2D eigenvalue weighted by molar-refractivity contribution is 7.16. The molecule has 1 amide bonds. The van der Waals surface area contributed by atoms with Crippen molar-refractivity contribution in [3.8, 4) is 17.0 Å². The molecule has 1 aromatic heterocycles. The molecule has 3 aromatic rings. The normalized spacial score (nSPS) is 16.0. The van der Waals surface area contributed by atoms with Gasteiger partial charge in [0.1, 0.15) is 18.2 Å². The molecule has 0 aliphatic carbocycles. The minimum Gasteiger partial charge on any atom is -0.490 e. The summed E-state index contributed by atoms with van der Waals surface area (Å²) in [6.07, 6.45) is 2.08. The van der Waals surface area contributed by atoms with Gasteiger partial charge in [-0.1, -0.05) is 12.1 Å². The second-order valence-electron chi connectivity index (χ2n) is 6.83. The Labute approximate surface area is 172 Å². The zero-order valence-corrected chi connectivity index (χ0v) is 16.8. The van der Waals surface area contributed by atoms with E-state index in [0.717, 1.165) is 35.6 Å². The van der Waals surface area contributed by atoms with Crippen molar-refractivity contribution in [3.63, 3.8) is 0 Å². The van der Waals surface area contributed by atoms with E-state index in [1.165, 1.54) is 23.5 Å². The van der Waals surface area contributed by atoms with E-state index >= 15 is 0 Å². The number of aryl methyl sites for hydroxylation is 1.